The van der Waals surface area contributed by atoms with Gasteiger partial charge in [-0.3, -0.25) is 9.89 Å². The lowest BCUT2D eigenvalue weighted by molar-refractivity contribution is 0.102. The molecule has 0 saturated heterocycles. The molecule has 0 unspecified atom stereocenters. The number of rotatable bonds is 3. The maximum atomic E-state index is 12.0. The number of hydrogen-bond acceptors (Lipinski definition) is 3. The zero-order valence-corrected chi connectivity index (χ0v) is 10.6. The molecule has 0 bridgehead atoms. The molecule has 5 nitrogen and oxygen atoms in total. The number of amides is 1. The topological polar surface area (TPSA) is 83.8 Å². The molecule has 2 aromatic rings. The van der Waals surface area contributed by atoms with Crippen LogP contribution in [0.1, 0.15) is 23.0 Å². The first-order chi connectivity index (χ1) is 8.60. The molecule has 0 aliphatic carbocycles. The van der Waals surface area contributed by atoms with E-state index in [1.807, 2.05) is 6.92 Å². The summed E-state index contributed by atoms with van der Waals surface area (Å²) >= 11 is 5.83. The van der Waals surface area contributed by atoms with E-state index < -0.39 is 0 Å². The molecule has 1 amide bonds. The Morgan fingerprint density at radius 1 is 1.50 bits per heavy atom. The molecule has 94 valence electrons. The highest BCUT2D eigenvalue weighted by Gasteiger charge is 2.12. The Labute approximate surface area is 109 Å². The van der Waals surface area contributed by atoms with Gasteiger partial charge in [0.15, 0.2) is 5.82 Å². The van der Waals surface area contributed by atoms with Crippen molar-refractivity contribution in [3.63, 3.8) is 0 Å². The second-order valence-electron chi connectivity index (χ2n) is 3.82. The summed E-state index contributed by atoms with van der Waals surface area (Å²) in [6.45, 7) is 1.99. The van der Waals surface area contributed by atoms with Crippen LogP contribution in [0.3, 0.4) is 0 Å². The van der Waals surface area contributed by atoms with E-state index in [-0.39, 0.29) is 5.91 Å². The van der Waals surface area contributed by atoms with Crippen molar-refractivity contribution in [1.82, 2.24) is 10.2 Å². The zero-order chi connectivity index (χ0) is 13.1. The summed E-state index contributed by atoms with van der Waals surface area (Å²) in [6, 6.07) is 6.54. The third kappa shape index (κ3) is 2.62. The molecule has 6 heteroatoms. The van der Waals surface area contributed by atoms with E-state index in [1.54, 1.807) is 18.2 Å². The van der Waals surface area contributed by atoms with E-state index in [0.717, 1.165) is 12.1 Å². The van der Waals surface area contributed by atoms with Crippen molar-refractivity contribution < 1.29 is 4.79 Å². The first kappa shape index (κ1) is 12.4. The number of nitrogens with zero attached hydrogens (tertiary/aromatic N) is 1. The number of nitrogen functional groups attached to an aromatic ring is 1. The van der Waals surface area contributed by atoms with E-state index >= 15 is 0 Å². The van der Waals surface area contributed by atoms with Gasteiger partial charge in [0.1, 0.15) is 0 Å². The van der Waals surface area contributed by atoms with Gasteiger partial charge in [-0.25, -0.2) is 0 Å². The molecule has 1 heterocycles. The fourth-order valence-electron chi connectivity index (χ4n) is 1.52. The van der Waals surface area contributed by atoms with Crippen molar-refractivity contribution in [3.05, 3.63) is 40.5 Å². The lowest BCUT2D eigenvalue weighted by Crippen LogP contribution is -2.14. The quantitative estimate of drug-likeness (QED) is 0.745. The van der Waals surface area contributed by atoms with Gasteiger partial charge >= 0.3 is 0 Å². The number of H-pyrrole nitrogens is 1. The number of aromatic nitrogens is 2. The van der Waals surface area contributed by atoms with Crippen LogP contribution >= 0.6 is 11.6 Å². The zero-order valence-electron chi connectivity index (χ0n) is 9.83. The van der Waals surface area contributed by atoms with Crippen LogP contribution in [-0.2, 0) is 6.42 Å². The molecule has 0 aliphatic rings. The molecular formula is C12H13ClN4O. The highest BCUT2D eigenvalue weighted by Crippen LogP contribution is 2.19. The Kier molecular flexibility index (Phi) is 3.53. The predicted octanol–water partition coefficient (Wildman–Crippen LogP) is 2.46. The highest BCUT2D eigenvalue weighted by molar-refractivity contribution is 6.31. The van der Waals surface area contributed by atoms with Gasteiger partial charge < -0.3 is 11.1 Å². The Bertz CT molecular complexity index is 579. The number of carbonyl (C=O) groups excluding carboxylic acids is 1. The molecule has 1 aromatic carbocycles. The van der Waals surface area contributed by atoms with Gasteiger partial charge in [0.05, 0.1) is 5.56 Å². The molecule has 0 aliphatic heterocycles. The minimum Gasteiger partial charge on any atom is -0.398 e. The van der Waals surface area contributed by atoms with Gasteiger partial charge in [0.2, 0.25) is 0 Å². The fraction of sp³-hybridized carbons (Fsp3) is 0.167. The van der Waals surface area contributed by atoms with Crippen LogP contribution < -0.4 is 11.1 Å². The minimum atomic E-state index is -0.329. The largest absolute Gasteiger partial charge is 0.398 e. The average molecular weight is 265 g/mol. The van der Waals surface area contributed by atoms with Crippen LogP contribution in [-0.4, -0.2) is 16.1 Å². The Morgan fingerprint density at radius 2 is 2.28 bits per heavy atom. The molecule has 0 saturated carbocycles. The Balaban J connectivity index is 2.19. The summed E-state index contributed by atoms with van der Waals surface area (Å²) in [6.07, 6.45) is 0.822. The van der Waals surface area contributed by atoms with E-state index in [2.05, 4.69) is 15.5 Å². The second kappa shape index (κ2) is 5.10. The molecule has 1 aromatic heterocycles. The van der Waals surface area contributed by atoms with Crippen LogP contribution in [0, 0.1) is 0 Å². The molecule has 0 spiro atoms. The Hall–Kier alpha value is -2.01. The van der Waals surface area contributed by atoms with E-state index in [0.29, 0.717) is 22.1 Å². The van der Waals surface area contributed by atoms with Crippen LogP contribution in [0.2, 0.25) is 5.02 Å². The number of hydrogen-bond donors (Lipinski definition) is 3. The van der Waals surface area contributed by atoms with E-state index in [1.165, 1.54) is 6.07 Å². The van der Waals surface area contributed by atoms with Crippen LogP contribution in [0.15, 0.2) is 24.3 Å². The molecule has 0 radical (unpaired) electrons. The summed E-state index contributed by atoms with van der Waals surface area (Å²) in [5.41, 5.74) is 7.39. The lowest BCUT2D eigenvalue weighted by atomic mass is 10.1. The number of nitrogens with one attached hydrogen (secondary N) is 2. The van der Waals surface area contributed by atoms with Gasteiger partial charge in [0.25, 0.3) is 5.91 Å². The van der Waals surface area contributed by atoms with Gasteiger partial charge in [0, 0.05) is 22.5 Å². The summed E-state index contributed by atoms with van der Waals surface area (Å²) in [7, 11) is 0. The van der Waals surface area contributed by atoms with Crippen molar-refractivity contribution in [2.24, 2.45) is 0 Å². The SMILES string of the molecule is CCc1cc(NC(=O)c2cc(Cl)ccc2N)n[nH]1. The van der Waals surface area contributed by atoms with Crippen molar-refractivity contribution >= 4 is 29.0 Å². The van der Waals surface area contributed by atoms with Crippen LogP contribution in [0.25, 0.3) is 0 Å². The molecule has 2 rings (SSSR count). The number of anilines is 2. The molecule has 0 atom stereocenters. The number of aromatic amines is 1. The first-order valence-corrected chi connectivity index (χ1v) is 5.88. The second-order valence-corrected chi connectivity index (χ2v) is 4.25. The van der Waals surface area contributed by atoms with Crippen molar-refractivity contribution in [2.75, 3.05) is 11.1 Å². The van der Waals surface area contributed by atoms with Gasteiger partial charge in [-0.05, 0) is 24.6 Å². The number of benzene rings is 1. The summed E-state index contributed by atoms with van der Waals surface area (Å²) in [5, 5.41) is 9.91. The number of halogens is 1. The third-order valence-electron chi connectivity index (χ3n) is 2.51. The minimum absolute atomic E-state index is 0.329. The van der Waals surface area contributed by atoms with Gasteiger partial charge in [-0.1, -0.05) is 18.5 Å². The summed E-state index contributed by atoms with van der Waals surface area (Å²) < 4.78 is 0. The summed E-state index contributed by atoms with van der Waals surface area (Å²) in [5.74, 6) is 0.139. The number of aryl methyl sites for hydroxylation is 1. The predicted molar refractivity (Wildman–Crippen MR) is 71.8 cm³/mol. The number of nitrogens with two attached hydrogens (primary N) is 1. The normalized spacial score (nSPS) is 10.3. The van der Waals surface area contributed by atoms with Crippen LogP contribution in [0.5, 0.6) is 0 Å². The molecule has 0 fully saturated rings. The maximum Gasteiger partial charge on any atom is 0.259 e. The summed E-state index contributed by atoms with van der Waals surface area (Å²) in [4.78, 5) is 12.0. The Morgan fingerprint density at radius 3 is 2.94 bits per heavy atom. The smallest absolute Gasteiger partial charge is 0.259 e. The third-order valence-corrected chi connectivity index (χ3v) is 2.75. The number of carbonyl (C=O) groups is 1. The van der Waals surface area contributed by atoms with Crippen molar-refractivity contribution in [2.45, 2.75) is 13.3 Å². The maximum absolute atomic E-state index is 12.0. The van der Waals surface area contributed by atoms with Crippen molar-refractivity contribution in [3.8, 4) is 0 Å². The molecule has 4 N–H and O–H groups in total. The van der Waals surface area contributed by atoms with Gasteiger partial charge in [-0.15, -0.1) is 0 Å². The highest BCUT2D eigenvalue weighted by atomic mass is 35.5. The molecule has 18 heavy (non-hydrogen) atoms. The standard InChI is InChI=1S/C12H13ClN4O/c1-2-8-6-11(17-16-8)15-12(18)9-5-7(13)3-4-10(9)14/h3-6H,2,14H2,1H3,(H2,15,16,17,18). The first-order valence-electron chi connectivity index (χ1n) is 5.51. The van der Waals surface area contributed by atoms with Gasteiger partial charge in [-0.2, -0.15) is 5.10 Å². The average Bonchev–Trinajstić information content (AvgIpc) is 2.80. The monoisotopic (exact) mass is 264 g/mol. The molecular weight excluding hydrogens is 252 g/mol. The van der Waals surface area contributed by atoms with E-state index in [9.17, 15) is 4.79 Å². The van der Waals surface area contributed by atoms with E-state index in [4.69, 9.17) is 17.3 Å². The fourth-order valence-corrected chi connectivity index (χ4v) is 1.69. The lowest BCUT2D eigenvalue weighted by Gasteiger charge is -2.05. The van der Waals surface area contributed by atoms with Crippen molar-refractivity contribution in [1.29, 1.82) is 0 Å². The van der Waals surface area contributed by atoms with Crippen LogP contribution in [0.4, 0.5) is 11.5 Å².